The Labute approximate surface area is 77.3 Å². The average molecular weight is 194 g/mol. The molecule has 0 spiro atoms. The van der Waals surface area contributed by atoms with Crippen molar-refractivity contribution in [2.45, 2.75) is 0 Å². The van der Waals surface area contributed by atoms with Crippen molar-refractivity contribution in [1.29, 1.82) is 0 Å². The maximum atomic E-state index is 10.7. The molecule has 0 aliphatic rings. The van der Waals surface area contributed by atoms with E-state index in [2.05, 4.69) is 15.0 Å². The van der Waals surface area contributed by atoms with Gasteiger partial charge in [-0.1, -0.05) is 0 Å². The molecule has 3 N–H and O–H groups in total. The van der Waals surface area contributed by atoms with Crippen LogP contribution in [0.15, 0.2) is 21.9 Å². The first-order valence-electron chi connectivity index (χ1n) is 3.51. The summed E-state index contributed by atoms with van der Waals surface area (Å²) in [6.07, 6.45) is 1.42. The third kappa shape index (κ3) is 1.43. The van der Waals surface area contributed by atoms with Crippen molar-refractivity contribution in [2.24, 2.45) is 0 Å². The summed E-state index contributed by atoms with van der Waals surface area (Å²) in [6, 6.07) is 0. The maximum Gasteiger partial charge on any atom is 0.346 e. The number of hydrogen-bond acceptors (Lipinski definition) is 5. The van der Waals surface area contributed by atoms with Gasteiger partial charge in [0.25, 0.3) is 0 Å². The van der Waals surface area contributed by atoms with Gasteiger partial charge in [-0.2, -0.15) is 0 Å². The van der Waals surface area contributed by atoms with E-state index in [1.54, 1.807) is 5.51 Å². The van der Waals surface area contributed by atoms with Gasteiger partial charge in [0.2, 0.25) is 0 Å². The Bertz CT molecular complexity index is 462. The molecule has 0 fully saturated rings. The molecular formula is C7H6N4OS. The fraction of sp³-hybridized carbons (Fsp3) is 0. The number of H-pyrrole nitrogens is 1. The van der Waals surface area contributed by atoms with E-state index in [-0.39, 0.29) is 0 Å². The largest absolute Gasteiger partial charge is 0.385 e. The topological polar surface area (TPSA) is 84.7 Å². The van der Waals surface area contributed by atoms with Crippen molar-refractivity contribution < 1.29 is 0 Å². The van der Waals surface area contributed by atoms with Crippen LogP contribution in [0.25, 0.3) is 11.3 Å². The second kappa shape index (κ2) is 2.98. The molecule has 0 unspecified atom stereocenters. The van der Waals surface area contributed by atoms with Crippen LogP contribution in [0.4, 0.5) is 5.82 Å². The molecule has 13 heavy (non-hydrogen) atoms. The average Bonchev–Trinajstić information content (AvgIpc) is 2.56. The Morgan fingerprint density at radius 2 is 2.31 bits per heavy atom. The zero-order chi connectivity index (χ0) is 9.26. The van der Waals surface area contributed by atoms with E-state index < -0.39 is 5.69 Å². The van der Waals surface area contributed by atoms with E-state index in [1.165, 1.54) is 17.5 Å². The quantitative estimate of drug-likeness (QED) is 0.691. The zero-order valence-electron chi connectivity index (χ0n) is 6.52. The number of anilines is 1. The summed E-state index contributed by atoms with van der Waals surface area (Å²) in [5.74, 6) is 0.297. The number of nitrogens with two attached hydrogens (primary N) is 1. The van der Waals surface area contributed by atoms with Crippen molar-refractivity contribution >= 4 is 17.2 Å². The van der Waals surface area contributed by atoms with Crippen molar-refractivity contribution in [3.63, 3.8) is 0 Å². The lowest BCUT2D eigenvalue weighted by molar-refractivity contribution is 1.08. The molecule has 2 aromatic rings. The Morgan fingerprint density at radius 1 is 1.46 bits per heavy atom. The Balaban J connectivity index is 2.60. The van der Waals surface area contributed by atoms with Gasteiger partial charge in [0.05, 0.1) is 16.8 Å². The van der Waals surface area contributed by atoms with Crippen LogP contribution in [0.3, 0.4) is 0 Å². The summed E-state index contributed by atoms with van der Waals surface area (Å²) in [6.45, 7) is 0. The van der Waals surface area contributed by atoms with Crippen LogP contribution in [0.1, 0.15) is 0 Å². The summed E-state index contributed by atoms with van der Waals surface area (Å²) < 4.78 is 0. The lowest BCUT2D eigenvalue weighted by Crippen LogP contribution is -2.12. The summed E-state index contributed by atoms with van der Waals surface area (Å²) in [5, 5.41) is 1.84. The molecule has 0 amide bonds. The third-order valence-corrected chi connectivity index (χ3v) is 2.14. The number of rotatable bonds is 1. The zero-order valence-corrected chi connectivity index (χ0v) is 7.34. The summed E-state index contributed by atoms with van der Waals surface area (Å²) in [5.41, 5.74) is 8.21. The van der Waals surface area contributed by atoms with Gasteiger partial charge < -0.3 is 5.73 Å². The molecule has 2 aromatic heterocycles. The number of hydrogen-bond donors (Lipinski definition) is 2. The smallest absolute Gasteiger partial charge is 0.346 e. The predicted molar refractivity (Wildman–Crippen MR) is 50.4 cm³/mol. The van der Waals surface area contributed by atoms with E-state index in [1.807, 2.05) is 5.38 Å². The first-order valence-corrected chi connectivity index (χ1v) is 4.45. The van der Waals surface area contributed by atoms with Gasteiger partial charge in [0.15, 0.2) is 0 Å². The summed E-state index contributed by atoms with van der Waals surface area (Å²) in [4.78, 5) is 20.8. The minimum atomic E-state index is -0.448. The second-order valence-corrected chi connectivity index (χ2v) is 3.11. The molecule has 2 rings (SSSR count). The predicted octanol–water partition coefficient (Wildman–Crippen LogP) is 0.476. The summed E-state index contributed by atoms with van der Waals surface area (Å²) >= 11 is 1.46. The number of nitrogen functional groups attached to an aromatic ring is 1. The van der Waals surface area contributed by atoms with Gasteiger partial charge in [-0.15, -0.1) is 11.3 Å². The highest BCUT2D eigenvalue weighted by molar-refractivity contribution is 7.07. The SMILES string of the molecule is Nc1[nH]c(=O)ncc1-c1cscn1. The lowest BCUT2D eigenvalue weighted by atomic mass is 10.2. The van der Waals surface area contributed by atoms with E-state index >= 15 is 0 Å². The first kappa shape index (κ1) is 7.93. The molecular weight excluding hydrogens is 188 g/mol. The van der Waals surface area contributed by atoms with Crippen molar-refractivity contribution in [3.05, 3.63) is 27.6 Å². The van der Waals surface area contributed by atoms with Crippen LogP contribution in [0.2, 0.25) is 0 Å². The molecule has 0 saturated carbocycles. The highest BCUT2D eigenvalue weighted by Crippen LogP contribution is 2.21. The Hall–Kier alpha value is -1.69. The third-order valence-electron chi connectivity index (χ3n) is 1.55. The van der Waals surface area contributed by atoms with Crippen molar-refractivity contribution in [3.8, 4) is 11.3 Å². The monoisotopic (exact) mass is 194 g/mol. The van der Waals surface area contributed by atoms with E-state index in [0.29, 0.717) is 11.4 Å². The van der Waals surface area contributed by atoms with Gasteiger partial charge in [0, 0.05) is 11.6 Å². The molecule has 6 heteroatoms. The van der Waals surface area contributed by atoms with Crippen molar-refractivity contribution in [1.82, 2.24) is 15.0 Å². The number of thiazole rings is 1. The van der Waals surface area contributed by atoms with Gasteiger partial charge in [-0.05, 0) is 0 Å². The molecule has 5 nitrogen and oxygen atoms in total. The van der Waals surface area contributed by atoms with Crippen LogP contribution < -0.4 is 11.4 Å². The van der Waals surface area contributed by atoms with E-state index in [9.17, 15) is 4.79 Å². The van der Waals surface area contributed by atoms with Crippen LogP contribution in [0.5, 0.6) is 0 Å². The Kier molecular flexibility index (Phi) is 1.82. The minimum absolute atomic E-state index is 0.297. The van der Waals surface area contributed by atoms with E-state index in [0.717, 1.165) is 5.69 Å². The number of nitrogens with one attached hydrogen (secondary N) is 1. The molecule has 0 aliphatic heterocycles. The normalized spacial score (nSPS) is 10.2. The molecule has 66 valence electrons. The molecule has 0 bridgehead atoms. The maximum absolute atomic E-state index is 10.7. The van der Waals surface area contributed by atoms with Gasteiger partial charge >= 0.3 is 5.69 Å². The van der Waals surface area contributed by atoms with E-state index in [4.69, 9.17) is 5.73 Å². The molecule has 2 heterocycles. The molecule has 0 radical (unpaired) electrons. The van der Waals surface area contributed by atoms with Gasteiger partial charge in [-0.3, -0.25) is 4.98 Å². The second-order valence-electron chi connectivity index (χ2n) is 2.39. The molecule has 0 saturated heterocycles. The van der Waals surface area contributed by atoms with Crippen LogP contribution in [-0.4, -0.2) is 15.0 Å². The highest BCUT2D eigenvalue weighted by atomic mass is 32.1. The standard InChI is InChI=1S/C7H6N4OS/c8-6-4(1-9-7(12)11-6)5-2-13-3-10-5/h1-3H,(H3,8,9,11,12). The van der Waals surface area contributed by atoms with Crippen LogP contribution in [0, 0.1) is 0 Å². The van der Waals surface area contributed by atoms with Crippen LogP contribution in [-0.2, 0) is 0 Å². The lowest BCUT2D eigenvalue weighted by Gasteiger charge is -1.98. The fourth-order valence-electron chi connectivity index (χ4n) is 0.957. The first-order chi connectivity index (χ1) is 6.27. The number of aromatic nitrogens is 3. The molecule has 0 aliphatic carbocycles. The van der Waals surface area contributed by atoms with Crippen LogP contribution >= 0.6 is 11.3 Å². The molecule has 0 atom stereocenters. The minimum Gasteiger partial charge on any atom is -0.385 e. The van der Waals surface area contributed by atoms with Crippen molar-refractivity contribution in [2.75, 3.05) is 5.73 Å². The van der Waals surface area contributed by atoms with Gasteiger partial charge in [0.1, 0.15) is 5.82 Å². The fourth-order valence-corrected chi connectivity index (χ4v) is 1.51. The van der Waals surface area contributed by atoms with Gasteiger partial charge in [-0.25, -0.2) is 14.8 Å². The molecule has 0 aromatic carbocycles. The summed E-state index contributed by atoms with van der Waals surface area (Å²) in [7, 11) is 0. The highest BCUT2D eigenvalue weighted by Gasteiger charge is 2.04. The Morgan fingerprint density at radius 3 is 2.92 bits per heavy atom. The number of aromatic amines is 1. The number of nitrogens with zero attached hydrogens (tertiary/aromatic N) is 2.